The van der Waals surface area contributed by atoms with Crippen LogP contribution in [0.3, 0.4) is 0 Å². The van der Waals surface area contributed by atoms with Crippen LogP contribution >= 0.6 is 11.6 Å². The predicted octanol–water partition coefficient (Wildman–Crippen LogP) is 0.890. The van der Waals surface area contributed by atoms with Crippen molar-refractivity contribution in [1.82, 2.24) is 10.3 Å². The van der Waals surface area contributed by atoms with Gasteiger partial charge >= 0.3 is 0 Å². The van der Waals surface area contributed by atoms with Crippen LogP contribution in [0.25, 0.3) is 0 Å². The van der Waals surface area contributed by atoms with Crippen LogP contribution in [0.15, 0.2) is 12.1 Å². The topological polar surface area (TPSA) is 71.2 Å². The Labute approximate surface area is 99.6 Å². The Morgan fingerprint density at radius 1 is 1.62 bits per heavy atom. The molecule has 1 heterocycles. The molecular formula is C10H15ClN4O. The number of rotatable bonds is 4. The molecule has 6 heteroatoms. The first-order valence-corrected chi connectivity index (χ1v) is 5.32. The molecule has 0 saturated carbocycles. The minimum atomic E-state index is -0.0776. The van der Waals surface area contributed by atoms with E-state index in [2.05, 4.69) is 10.3 Å². The first-order chi connectivity index (χ1) is 7.54. The van der Waals surface area contributed by atoms with E-state index in [0.717, 1.165) is 0 Å². The Balaban J connectivity index is 2.76. The standard InChI is InChI=1S/C10H15ClN4O/c1-3-13-9(16)6-15(2)10-7(12)4-5-8(11)14-10/h4-5H,3,6,12H2,1-2H3,(H,13,16). The Hall–Kier alpha value is -1.49. The number of pyridine rings is 1. The number of amides is 1. The van der Waals surface area contributed by atoms with Crippen LogP contribution in [-0.2, 0) is 4.79 Å². The summed E-state index contributed by atoms with van der Waals surface area (Å²) in [6.45, 7) is 2.67. The fourth-order valence-corrected chi connectivity index (χ4v) is 1.43. The molecular weight excluding hydrogens is 228 g/mol. The Morgan fingerprint density at radius 3 is 2.94 bits per heavy atom. The smallest absolute Gasteiger partial charge is 0.239 e. The highest BCUT2D eigenvalue weighted by Gasteiger charge is 2.11. The summed E-state index contributed by atoms with van der Waals surface area (Å²) in [5.74, 6) is 0.435. The number of nitrogens with one attached hydrogen (secondary N) is 1. The maximum Gasteiger partial charge on any atom is 0.239 e. The van der Waals surface area contributed by atoms with Gasteiger partial charge in [-0.25, -0.2) is 4.98 Å². The van der Waals surface area contributed by atoms with Crippen LogP contribution in [0, 0.1) is 0 Å². The molecule has 0 radical (unpaired) electrons. The quantitative estimate of drug-likeness (QED) is 0.770. The maximum atomic E-state index is 11.4. The average molecular weight is 243 g/mol. The van der Waals surface area contributed by atoms with Gasteiger partial charge in [-0.2, -0.15) is 0 Å². The minimum Gasteiger partial charge on any atom is -0.396 e. The second-order valence-corrected chi connectivity index (χ2v) is 3.74. The summed E-state index contributed by atoms with van der Waals surface area (Å²) < 4.78 is 0. The maximum absolute atomic E-state index is 11.4. The Bertz CT molecular complexity index is 383. The number of aromatic nitrogens is 1. The lowest BCUT2D eigenvalue weighted by molar-refractivity contribution is -0.119. The van der Waals surface area contributed by atoms with Gasteiger partial charge in [0, 0.05) is 13.6 Å². The minimum absolute atomic E-state index is 0.0776. The number of likely N-dealkylation sites (N-methyl/N-ethyl adjacent to an activating group) is 2. The summed E-state index contributed by atoms with van der Waals surface area (Å²) >= 11 is 5.76. The first kappa shape index (κ1) is 12.6. The molecule has 1 aromatic heterocycles. The molecule has 0 spiro atoms. The van der Waals surface area contributed by atoms with E-state index in [-0.39, 0.29) is 12.5 Å². The highest BCUT2D eigenvalue weighted by molar-refractivity contribution is 6.29. The largest absolute Gasteiger partial charge is 0.396 e. The SMILES string of the molecule is CCNC(=O)CN(C)c1nc(Cl)ccc1N. The van der Waals surface area contributed by atoms with Crippen LogP contribution in [0.1, 0.15) is 6.92 Å². The van der Waals surface area contributed by atoms with Crippen LogP contribution < -0.4 is 16.0 Å². The lowest BCUT2D eigenvalue weighted by Crippen LogP contribution is -2.35. The molecule has 0 unspecified atom stereocenters. The molecule has 88 valence electrons. The lowest BCUT2D eigenvalue weighted by Gasteiger charge is -2.19. The van der Waals surface area contributed by atoms with Crippen molar-refractivity contribution in [3.63, 3.8) is 0 Å². The number of nitrogen functional groups attached to an aromatic ring is 1. The molecule has 5 nitrogen and oxygen atoms in total. The third kappa shape index (κ3) is 3.27. The van der Waals surface area contributed by atoms with E-state index < -0.39 is 0 Å². The van der Waals surface area contributed by atoms with Gasteiger partial charge in [0.1, 0.15) is 5.15 Å². The van der Waals surface area contributed by atoms with E-state index >= 15 is 0 Å². The fraction of sp³-hybridized carbons (Fsp3) is 0.400. The average Bonchev–Trinajstić information content (AvgIpc) is 2.21. The van der Waals surface area contributed by atoms with Crippen LogP contribution in [0.4, 0.5) is 11.5 Å². The van der Waals surface area contributed by atoms with E-state index in [1.165, 1.54) is 0 Å². The summed E-state index contributed by atoms with van der Waals surface area (Å²) in [4.78, 5) is 17.1. The number of hydrogen-bond donors (Lipinski definition) is 2. The van der Waals surface area contributed by atoms with Gasteiger partial charge in [0.05, 0.1) is 12.2 Å². The van der Waals surface area contributed by atoms with E-state index in [9.17, 15) is 4.79 Å². The molecule has 1 amide bonds. The van der Waals surface area contributed by atoms with Crippen molar-refractivity contribution in [3.05, 3.63) is 17.3 Å². The molecule has 0 saturated heterocycles. The molecule has 0 atom stereocenters. The number of anilines is 2. The summed E-state index contributed by atoms with van der Waals surface area (Å²) in [7, 11) is 1.74. The number of carbonyl (C=O) groups is 1. The molecule has 0 aliphatic rings. The van der Waals surface area contributed by atoms with E-state index in [4.69, 9.17) is 17.3 Å². The van der Waals surface area contributed by atoms with E-state index in [1.807, 2.05) is 6.92 Å². The van der Waals surface area contributed by atoms with Gasteiger partial charge in [-0.05, 0) is 19.1 Å². The third-order valence-corrected chi connectivity index (χ3v) is 2.20. The second-order valence-electron chi connectivity index (χ2n) is 3.36. The molecule has 3 N–H and O–H groups in total. The number of carbonyl (C=O) groups excluding carboxylic acids is 1. The summed E-state index contributed by atoms with van der Waals surface area (Å²) in [6.07, 6.45) is 0. The first-order valence-electron chi connectivity index (χ1n) is 4.94. The van der Waals surface area contributed by atoms with Crippen LogP contribution in [0.5, 0.6) is 0 Å². The number of nitrogens with zero attached hydrogens (tertiary/aromatic N) is 2. The van der Waals surface area contributed by atoms with Gasteiger partial charge < -0.3 is 16.0 Å². The zero-order chi connectivity index (χ0) is 12.1. The highest BCUT2D eigenvalue weighted by Crippen LogP contribution is 2.21. The normalized spacial score (nSPS) is 9.94. The number of nitrogens with two attached hydrogens (primary N) is 1. The number of hydrogen-bond acceptors (Lipinski definition) is 4. The summed E-state index contributed by atoms with van der Waals surface area (Å²) in [5.41, 5.74) is 6.24. The predicted molar refractivity (Wildman–Crippen MR) is 65.6 cm³/mol. The van der Waals surface area contributed by atoms with Gasteiger partial charge in [0.25, 0.3) is 0 Å². The van der Waals surface area contributed by atoms with Crippen molar-refractivity contribution in [3.8, 4) is 0 Å². The molecule has 1 rings (SSSR count). The summed E-state index contributed by atoms with van der Waals surface area (Å²) in [5, 5.41) is 3.05. The van der Waals surface area contributed by atoms with E-state index in [0.29, 0.717) is 23.2 Å². The zero-order valence-electron chi connectivity index (χ0n) is 9.33. The van der Waals surface area contributed by atoms with Crippen molar-refractivity contribution < 1.29 is 4.79 Å². The van der Waals surface area contributed by atoms with Gasteiger partial charge in [-0.1, -0.05) is 11.6 Å². The van der Waals surface area contributed by atoms with Gasteiger partial charge in [0.2, 0.25) is 5.91 Å². The number of halogens is 1. The van der Waals surface area contributed by atoms with Gasteiger partial charge in [-0.3, -0.25) is 4.79 Å². The third-order valence-electron chi connectivity index (χ3n) is 1.99. The molecule has 0 aliphatic heterocycles. The Kier molecular flexibility index (Phi) is 4.37. The van der Waals surface area contributed by atoms with Crippen molar-refractivity contribution in [1.29, 1.82) is 0 Å². The van der Waals surface area contributed by atoms with Crippen molar-refractivity contribution in [2.45, 2.75) is 6.92 Å². The van der Waals surface area contributed by atoms with Crippen molar-refractivity contribution in [2.24, 2.45) is 0 Å². The summed E-state index contributed by atoms with van der Waals surface area (Å²) in [6, 6.07) is 3.28. The lowest BCUT2D eigenvalue weighted by atomic mass is 10.3. The van der Waals surface area contributed by atoms with Crippen LogP contribution in [0.2, 0.25) is 5.15 Å². The molecule has 16 heavy (non-hydrogen) atoms. The monoisotopic (exact) mass is 242 g/mol. The Morgan fingerprint density at radius 2 is 2.31 bits per heavy atom. The molecule has 1 aromatic rings. The van der Waals surface area contributed by atoms with Crippen LogP contribution in [-0.4, -0.2) is 31.0 Å². The zero-order valence-corrected chi connectivity index (χ0v) is 10.1. The molecule has 0 aliphatic carbocycles. The van der Waals surface area contributed by atoms with Gasteiger partial charge in [-0.15, -0.1) is 0 Å². The fourth-order valence-electron chi connectivity index (χ4n) is 1.29. The molecule has 0 fully saturated rings. The second kappa shape index (κ2) is 5.55. The highest BCUT2D eigenvalue weighted by atomic mass is 35.5. The molecule has 0 bridgehead atoms. The van der Waals surface area contributed by atoms with Crippen molar-refractivity contribution in [2.75, 3.05) is 30.8 Å². The van der Waals surface area contributed by atoms with E-state index in [1.54, 1.807) is 24.1 Å². The molecule has 0 aromatic carbocycles. The van der Waals surface area contributed by atoms with Crippen molar-refractivity contribution >= 4 is 29.0 Å². The van der Waals surface area contributed by atoms with Gasteiger partial charge in [0.15, 0.2) is 5.82 Å².